The first-order valence-corrected chi connectivity index (χ1v) is 6.26. The topological polar surface area (TPSA) is 42.0 Å². The fraction of sp³-hybridized carbons (Fsp3) is 0.143. The van der Waals surface area contributed by atoms with Gasteiger partial charge in [0.05, 0.1) is 11.3 Å². The average molecular weight is 315 g/mol. The van der Waals surface area contributed by atoms with Gasteiger partial charge in [-0.1, -0.05) is 11.6 Å². The summed E-state index contributed by atoms with van der Waals surface area (Å²) in [7, 11) is 0. The Labute approximate surface area is 123 Å². The Morgan fingerprint density at radius 2 is 1.95 bits per heavy atom. The number of carbonyl (C=O) groups excluding carboxylic acids is 1. The van der Waals surface area contributed by atoms with Crippen LogP contribution in [0.1, 0.15) is 21.6 Å². The highest BCUT2D eigenvalue weighted by molar-refractivity contribution is 6.30. The van der Waals surface area contributed by atoms with Crippen molar-refractivity contribution in [1.82, 2.24) is 4.98 Å². The average Bonchev–Trinajstić information content (AvgIpc) is 2.39. The van der Waals surface area contributed by atoms with E-state index in [4.69, 9.17) is 11.6 Å². The number of carbonyl (C=O) groups is 1. The summed E-state index contributed by atoms with van der Waals surface area (Å²) < 4.78 is 38.8. The van der Waals surface area contributed by atoms with Gasteiger partial charge in [0, 0.05) is 22.5 Å². The van der Waals surface area contributed by atoms with Gasteiger partial charge in [-0.15, -0.1) is 0 Å². The van der Waals surface area contributed by atoms with Crippen LogP contribution in [0.4, 0.5) is 18.9 Å². The zero-order valence-electron chi connectivity index (χ0n) is 10.8. The third kappa shape index (κ3) is 3.72. The summed E-state index contributed by atoms with van der Waals surface area (Å²) in [5.74, 6) is -0.645. The second kappa shape index (κ2) is 5.73. The molecule has 0 unspecified atom stereocenters. The predicted octanol–water partition coefficient (Wildman–Crippen LogP) is 4.31. The lowest BCUT2D eigenvalue weighted by atomic mass is 10.1. The van der Waals surface area contributed by atoms with Crippen molar-refractivity contribution in [2.75, 3.05) is 5.32 Å². The van der Waals surface area contributed by atoms with Gasteiger partial charge in [-0.25, -0.2) is 0 Å². The number of pyridine rings is 1. The molecule has 2 rings (SSSR count). The minimum Gasteiger partial charge on any atom is -0.321 e. The van der Waals surface area contributed by atoms with Gasteiger partial charge in [-0.05, 0) is 37.3 Å². The highest BCUT2D eigenvalue weighted by Gasteiger charge is 2.34. The molecule has 0 fully saturated rings. The smallest absolute Gasteiger partial charge is 0.321 e. The summed E-state index contributed by atoms with van der Waals surface area (Å²) in [5, 5.41) is 2.19. The van der Waals surface area contributed by atoms with E-state index in [1.54, 1.807) is 6.92 Å². The van der Waals surface area contributed by atoms with E-state index in [0.717, 1.165) is 12.1 Å². The molecule has 1 amide bonds. The molecule has 1 aromatic heterocycles. The molecule has 0 radical (unpaired) electrons. The molecule has 1 N–H and O–H groups in total. The van der Waals surface area contributed by atoms with E-state index in [1.165, 1.54) is 24.4 Å². The van der Waals surface area contributed by atoms with Crippen molar-refractivity contribution in [3.8, 4) is 0 Å². The third-order valence-corrected chi connectivity index (χ3v) is 2.93. The molecule has 7 heteroatoms. The van der Waals surface area contributed by atoms with Crippen LogP contribution in [0.5, 0.6) is 0 Å². The fourth-order valence-corrected chi connectivity index (χ4v) is 1.91. The van der Waals surface area contributed by atoms with E-state index >= 15 is 0 Å². The summed E-state index contributed by atoms with van der Waals surface area (Å²) in [6.07, 6.45) is -3.20. The summed E-state index contributed by atoms with van der Waals surface area (Å²) in [6, 6.07) is 6.08. The number of nitrogens with one attached hydrogen (secondary N) is 1. The van der Waals surface area contributed by atoms with Gasteiger partial charge >= 0.3 is 6.18 Å². The maximum absolute atomic E-state index is 12.9. The van der Waals surface area contributed by atoms with Gasteiger partial charge in [-0.2, -0.15) is 13.2 Å². The first-order valence-electron chi connectivity index (χ1n) is 5.88. The quantitative estimate of drug-likeness (QED) is 0.897. The molecule has 2 aromatic rings. The maximum Gasteiger partial charge on any atom is 0.418 e. The Hall–Kier alpha value is -2.08. The molecule has 1 aromatic carbocycles. The number of alkyl halides is 3. The molecular formula is C14H10ClF3N2O. The number of amides is 1. The molecule has 1 heterocycles. The molecule has 0 spiro atoms. The summed E-state index contributed by atoms with van der Waals surface area (Å²) in [5.41, 5.74) is -0.513. The molecule has 110 valence electrons. The van der Waals surface area contributed by atoms with E-state index < -0.39 is 17.6 Å². The summed E-state index contributed by atoms with van der Waals surface area (Å²) in [4.78, 5) is 15.9. The molecule has 0 saturated carbocycles. The zero-order chi connectivity index (χ0) is 15.6. The van der Waals surface area contributed by atoms with Gasteiger partial charge in [0.1, 0.15) is 0 Å². The van der Waals surface area contributed by atoms with Crippen LogP contribution in [0.15, 0.2) is 36.5 Å². The van der Waals surface area contributed by atoms with Gasteiger partial charge in [0.15, 0.2) is 0 Å². The van der Waals surface area contributed by atoms with Crippen LogP contribution >= 0.6 is 11.6 Å². The second-order valence-corrected chi connectivity index (χ2v) is 4.76. The van der Waals surface area contributed by atoms with Crippen LogP contribution in [0.25, 0.3) is 0 Å². The molecule has 21 heavy (non-hydrogen) atoms. The van der Waals surface area contributed by atoms with Crippen molar-refractivity contribution in [2.45, 2.75) is 13.1 Å². The van der Waals surface area contributed by atoms with Gasteiger partial charge in [-0.3, -0.25) is 9.78 Å². The number of halogens is 4. The number of aromatic nitrogens is 1. The highest BCUT2D eigenvalue weighted by Crippen LogP contribution is 2.36. The number of benzene rings is 1. The monoisotopic (exact) mass is 314 g/mol. The molecule has 0 bridgehead atoms. The molecule has 0 aliphatic carbocycles. The van der Waals surface area contributed by atoms with Gasteiger partial charge < -0.3 is 5.32 Å². The lowest BCUT2D eigenvalue weighted by molar-refractivity contribution is -0.136. The number of nitrogens with zero attached hydrogens (tertiary/aromatic N) is 1. The zero-order valence-corrected chi connectivity index (χ0v) is 11.6. The highest BCUT2D eigenvalue weighted by atomic mass is 35.5. The maximum atomic E-state index is 12.9. The number of anilines is 1. The summed E-state index contributed by atoms with van der Waals surface area (Å²) in [6.45, 7) is 1.68. The normalized spacial score (nSPS) is 11.3. The number of rotatable bonds is 2. The minimum absolute atomic E-state index is 0.0555. The van der Waals surface area contributed by atoms with Crippen LogP contribution in [0.3, 0.4) is 0 Å². The van der Waals surface area contributed by atoms with Crippen molar-refractivity contribution in [1.29, 1.82) is 0 Å². The Kier molecular flexibility index (Phi) is 4.18. The first kappa shape index (κ1) is 15.3. The van der Waals surface area contributed by atoms with Crippen LogP contribution in [0.2, 0.25) is 5.02 Å². The van der Waals surface area contributed by atoms with E-state index in [9.17, 15) is 18.0 Å². The van der Waals surface area contributed by atoms with Crippen LogP contribution in [-0.2, 0) is 6.18 Å². The molecule has 0 saturated heterocycles. The number of aryl methyl sites for hydroxylation is 1. The van der Waals surface area contributed by atoms with E-state index in [2.05, 4.69) is 10.3 Å². The third-order valence-electron chi connectivity index (χ3n) is 2.69. The first-order chi connectivity index (χ1) is 9.77. The Morgan fingerprint density at radius 1 is 1.24 bits per heavy atom. The number of hydrogen-bond acceptors (Lipinski definition) is 2. The Bertz CT molecular complexity index is 686. The van der Waals surface area contributed by atoms with E-state index in [-0.39, 0.29) is 16.3 Å². The molecule has 0 atom stereocenters. The SMILES string of the molecule is Cc1cc(C(=O)Nc2ccc(Cl)cc2C(F)(F)F)ccn1. The van der Waals surface area contributed by atoms with Crippen LogP contribution < -0.4 is 5.32 Å². The van der Waals surface area contributed by atoms with Crippen molar-refractivity contribution >= 4 is 23.2 Å². The van der Waals surface area contributed by atoms with E-state index in [1.807, 2.05) is 0 Å². The van der Waals surface area contributed by atoms with Gasteiger partial charge in [0.2, 0.25) is 0 Å². The van der Waals surface area contributed by atoms with Crippen LogP contribution in [0, 0.1) is 6.92 Å². The Morgan fingerprint density at radius 3 is 2.57 bits per heavy atom. The number of hydrogen-bond donors (Lipinski definition) is 1. The van der Waals surface area contributed by atoms with Gasteiger partial charge in [0.25, 0.3) is 5.91 Å². The summed E-state index contributed by atoms with van der Waals surface area (Å²) >= 11 is 5.58. The molecule has 3 nitrogen and oxygen atoms in total. The van der Waals surface area contributed by atoms with Crippen molar-refractivity contribution in [3.05, 3.63) is 58.4 Å². The van der Waals surface area contributed by atoms with Crippen molar-refractivity contribution in [3.63, 3.8) is 0 Å². The molecular weight excluding hydrogens is 305 g/mol. The van der Waals surface area contributed by atoms with Crippen LogP contribution in [-0.4, -0.2) is 10.9 Å². The lowest BCUT2D eigenvalue weighted by Crippen LogP contribution is -2.17. The van der Waals surface area contributed by atoms with Crippen molar-refractivity contribution in [2.24, 2.45) is 0 Å². The predicted molar refractivity (Wildman–Crippen MR) is 73.4 cm³/mol. The van der Waals surface area contributed by atoms with Crippen molar-refractivity contribution < 1.29 is 18.0 Å². The largest absolute Gasteiger partial charge is 0.418 e. The standard InChI is InChI=1S/C14H10ClF3N2O/c1-8-6-9(4-5-19-8)13(21)20-12-3-2-10(15)7-11(12)14(16,17)18/h2-7H,1H3,(H,20,21). The fourth-order valence-electron chi connectivity index (χ4n) is 1.74. The minimum atomic E-state index is -4.61. The molecule has 0 aliphatic rings. The Balaban J connectivity index is 2.34. The lowest BCUT2D eigenvalue weighted by Gasteiger charge is -2.14. The second-order valence-electron chi connectivity index (χ2n) is 4.33. The van der Waals surface area contributed by atoms with E-state index in [0.29, 0.717) is 5.69 Å². The molecule has 0 aliphatic heterocycles.